The number of benzene rings is 2. The summed E-state index contributed by atoms with van der Waals surface area (Å²) in [6, 6.07) is 15.8. The molecular weight excluding hydrogens is 426 g/mol. The van der Waals surface area contributed by atoms with Crippen molar-refractivity contribution in [2.24, 2.45) is 4.99 Å². The Hall–Kier alpha value is -3.64. The predicted octanol–water partition coefficient (Wildman–Crippen LogP) is 5.56. The number of amides is 1. The van der Waals surface area contributed by atoms with Gasteiger partial charge in [0.2, 0.25) is 5.91 Å². The number of carbonyl (C=O) groups is 1. The maximum atomic E-state index is 12.2. The highest BCUT2D eigenvalue weighted by molar-refractivity contribution is 6.10. The number of hydrogen-bond acceptors (Lipinski definition) is 5. The summed E-state index contributed by atoms with van der Waals surface area (Å²) in [7, 11) is 3.29. The molecule has 2 aromatic carbocycles. The van der Waals surface area contributed by atoms with Gasteiger partial charge in [0.15, 0.2) is 0 Å². The maximum absolute atomic E-state index is 12.2. The minimum absolute atomic E-state index is 0.0200. The van der Waals surface area contributed by atoms with E-state index in [0.29, 0.717) is 18.0 Å². The number of ether oxygens (including phenoxy) is 2. The van der Waals surface area contributed by atoms with Crippen LogP contribution in [-0.2, 0) is 9.53 Å². The van der Waals surface area contributed by atoms with Crippen LogP contribution in [0.1, 0.15) is 43.4 Å². The third-order valence-corrected chi connectivity index (χ3v) is 5.30. The number of hydrogen-bond donors (Lipinski definition) is 2. The fourth-order valence-electron chi connectivity index (χ4n) is 3.56. The Kier molecular flexibility index (Phi) is 9.67. The number of nitrogens with zero attached hydrogens (tertiary/aromatic N) is 1. The van der Waals surface area contributed by atoms with Crippen molar-refractivity contribution in [1.29, 1.82) is 0 Å². The van der Waals surface area contributed by atoms with Crippen LogP contribution < -0.4 is 15.4 Å². The first-order valence-corrected chi connectivity index (χ1v) is 11.6. The molecule has 0 saturated carbocycles. The van der Waals surface area contributed by atoms with Crippen LogP contribution in [0.25, 0.3) is 0 Å². The van der Waals surface area contributed by atoms with Crippen molar-refractivity contribution in [2.45, 2.75) is 32.2 Å². The monoisotopic (exact) mass is 459 g/mol. The quantitative estimate of drug-likeness (QED) is 0.432. The molecule has 6 heteroatoms. The zero-order valence-electron chi connectivity index (χ0n) is 20.1. The zero-order valence-corrected chi connectivity index (χ0v) is 20.1. The molecule has 3 rings (SSSR count). The van der Waals surface area contributed by atoms with Crippen LogP contribution in [-0.4, -0.2) is 32.4 Å². The van der Waals surface area contributed by atoms with Crippen molar-refractivity contribution in [3.8, 4) is 5.75 Å². The van der Waals surface area contributed by atoms with Gasteiger partial charge in [-0.25, -0.2) is 4.99 Å². The fourth-order valence-corrected chi connectivity index (χ4v) is 3.56. The van der Waals surface area contributed by atoms with E-state index in [1.807, 2.05) is 48.6 Å². The first-order chi connectivity index (χ1) is 16.6. The lowest BCUT2D eigenvalue weighted by molar-refractivity contribution is -0.111. The molecule has 1 aliphatic heterocycles. The molecule has 0 unspecified atom stereocenters. The number of methoxy groups -OCH3 is 2. The Morgan fingerprint density at radius 2 is 2.00 bits per heavy atom. The van der Waals surface area contributed by atoms with Gasteiger partial charge in [0, 0.05) is 12.7 Å². The second-order valence-corrected chi connectivity index (χ2v) is 7.88. The molecule has 1 atom stereocenters. The molecule has 1 heterocycles. The number of rotatable bonds is 11. The van der Waals surface area contributed by atoms with Gasteiger partial charge in [0.05, 0.1) is 31.2 Å². The summed E-state index contributed by atoms with van der Waals surface area (Å²) in [6.07, 6.45) is 12.2. The van der Waals surface area contributed by atoms with Crippen molar-refractivity contribution in [2.75, 3.05) is 26.1 Å². The molecule has 178 valence electrons. The lowest BCUT2D eigenvalue weighted by Crippen LogP contribution is -2.24. The van der Waals surface area contributed by atoms with Crippen molar-refractivity contribution >= 4 is 17.3 Å². The molecule has 0 spiro atoms. The summed E-state index contributed by atoms with van der Waals surface area (Å²) in [6.45, 7) is 2.60. The van der Waals surface area contributed by atoms with Crippen LogP contribution in [0.5, 0.6) is 5.75 Å². The first-order valence-electron chi connectivity index (χ1n) is 11.6. The topological polar surface area (TPSA) is 72.0 Å². The molecule has 0 aromatic heterocycles. The third-order valence-electron chi connectivity index (χ3n) is 5.30. The van der Waals surface area contributed by atoms with E-state index in [0.717, 1.165) is 41.9 Å². The SMILES string of the molecule is CCC/C=C/C(=O)Nc1ccc(C2=NC(N[C@@H](COC)c3ccccc3)=CCC=C2)cc1OC. The van der Waals surface area contributed by atoms with Crippen LogP contribution in [0.4, 0.5) is 5.69 Å². The molecule has 0 bridgehead atoms. The minimum Gasteiger partial charge on any atom is -0.495 e. The highest BCUT2D eigenvalue weighted by Gasteiger charge is 2.15. The van der Waals surface area contributed by atoms with Gasteiger partial charge >= 0.3 is 0 Å². The fraction of sp³-hybridized carbons (Fsp3) is 0.286. The Bertz CT molecular complexity index is 1070. The van der Waals surface area contributed by atoms with E-state index < -0.39 is 0 Å². The molecule has 2 N–H and O–H groups in total. The van der Waals surface area contributed by atoms with Gasteiger partial charge in [-0.15, -0.1) is 0 Å². The first kappa shape index (κ1) is 25.0. The highest BCUT2D eigenvalue weighted by Crippen LogP contribution is 2.27. The Labute approximate surface area is 202 Å². The van der Waals surface area contributed by atoms with Gasteiger partial charge in [-0.1, -0.05) is 61.9 Å². The smallest absolute Gasteiger partial charge is 0.248 e. The molecule has 0 radical (unpaired) electrons. The number of nitrogens with one attached hydrogen (secondary N) is 2. The summed E-state index contributed by atoms with van der Waals surface area (Å²) in [5, 5.41) is 6.40. The summed E-state index contributed by atoms with van der Waals surface area (Å²) in [4.78, 5) is 17.1. The van der Waals surface area contributed by atoms with E-state index in [2.05, 4.69) is 41.8 Å². The molecule has 2 aromatic rings. The highest BCUT2D eigenvalue weighted by atomic mass is 16.5. The van der Waals surface area contributed by atoms with Gasteiger partial charge in [0.1, 0.15) is 11.6 Å². The lowest BCUT2D eigenvalue weighted by atomic mass is 10.1. The van der Waals surface area contributed by atoms with Crippen molar-refractivity contribution in [1.82, 2.24) is 5.32 Å². The molecule has 0 fully saturated rings. The van der Waals surface area contributed by atoms with Crippen LogP contribution in [0.3, 0.4) is 0 Å². The minimum atomic E-state index is -0.175. The maximum Gasteiger partial charge on any atom is 0.248 e. The van der Waals surface area contributed by atoms with E-state index in [1.54, 1.807) is 20.3 Å². The number of unbranched alkanes of at least 4 members (excludes halogenated alkanes) is 1. The Balaban J connectivity index is 1.81. The standard InChI is InChI=1S/C28H33N3O3/c1-4-5-7-16-28(32)31-24-18-17-22(19-26(24)34-3)23-14-10-11-15-27(29-23)30-25(20-33-2)21-12-8-6-9-13-21/h6-10,12-19,25,30H,4-5,11,20H2,1-3H3,(H,31,32)/b16-7+/t25-/m0/s1. The van der Waals surface area contributed by atoms with E-state index in [1.165, 1.54) is 0 Å². The second-order valence-electron chi connectivity index (χ2n) is 7.88. The number of carbonyl (C=O) groups excluding carboxylic acids is 1. The van der Waals surface area contributed by atoms with Crippen LogP contribution in [0.2, 0.25) is 0 Å². The summed E-state index contributed by atoms with van der Waals surface area (Å²) in [5.41, 5.74) is 3.45. The van der Waals surface area contributed by atoms with Gasteiger partial charge in [-0.05, 0) is 48.8 Å². The molecule has 0 saturated heterocycles. The molecule has 1 aliphatic rings. The molecule has 34 heavy (non-hydrogen) atoms. The Morgan fingerprint density at radius 1 is 1.18 bits per heavy atom. The zero-order chi connectivity index (χ0) is 24.2. The second kappa shape index (κ2) is 13.2. The van der Waals surface area contributed by atoms with Crippen molar-refractivity contribution in [3.63, 3.8) is 0 Å². The van der Waals surface area contributed by atoms with Crippen LogP contribution >= 0.6 is 0 Å². The van der Waals surface area contributed by atoms with Gasteiger partial charge in [-0.2, -0.15) is 0 Å². The van der Waals surface area contributed by atoms with E-state index in [9.17, 15) is 4.79 Å². The average molecular weight is 460 g/mol. The normalized spacial score (nSPS) is 14.2. The molecule has 6 nitrogen and oxygen atoms in total. The van der Waals surface area contributed by atoms with Gasteiger partial charge < -0.3 is 20.1 Å². The molecule has 1 amide bonds. The third kappa shape index (κ3) is 7.18. The van der Waals surface area contributed by atoms with Gasteiger partial charge in [-0.3, -0.25) is 4.79 Å². The predicted molar refractivity (Wildman–Crippen MR) is 138 cm³/mol. The Morgan fingerprint density at radius 3 is 2.74 bits per heavy atom. The summed E-state index contributed by atoms with van der Waals surface area (Å²) >= 11 is 0. The number of aliphatic imine (C=N–C) groups is 1. The molecule has 0 aliphatic carbocycles. The van der Waals surface area contributed by atoms with E-state index in [-0.39, 0.29) is 11.9 Å². The molecular formula is C28H33N3O3. The number of allylic oxidation sites excluding steroid dienone is 4. The van der Waals surface area contributed by atoms with E-state index >= 15 is 0 Å². The van der Waals surface area contributed by atoms with Crippen LogP contribution in [0, 0.1) is 0 Å². The number of anilines is 1. The summed E-state index contributed by atoms with van der Waals surface area (Å²) in [5.74, 6) is 1.18. The van der Waals surface area contributed by atoms with E-state index in [4.69, 9.17) is 14.5 Å². The van der Waals surface area contributed by atoms with Crippen molar-refractivity contribution < 1.29 is 14.3 Å². The van der Waals surface area contributed by atoms with Gasteiger partial charge in [0.25, 0.3) is 0 Å². The average Bonchev–Trinajstić information content (AvgIpc) is 3.10. The lowest BCUT2D eigenvalue weighted by Gasteiger charge is -2.20. The van der Waals surface area contributed by atoms with Crippen molar-refractivity contribution in [3.05, 3.63) is 95.9 Å². The largest absolute Gasteiger partial charge is 0.495 e. The summed E-state index contributed by atoms with van der Waals surface area (Å²) < 4.78 is 11.0. The van der Waals surface area contributed by atoms with Crippen LogP contribution in [0.15, 0.2) is 89.7 Å².